The van der Waals surface area contributed by atoms with E-state index in [1.807, 2.05) is 17.7 Å². The summed E-state index contributed by atoms with van der Waals surface area (Å²) in [5.74, 6) is 0.965. The van der Waals surface area contributed by atoms with Crippen molar-refractivity contribution in [3.63, 3.8) is 0 Å². The minimum Gasteiger partial charge on any atom is -0.240 e. The average molecular weight is 266 g/mol. The number of nitrogens with zero attached hydrogens (tertiary/aromatic N) is 1. The number of aryl methyl sites for hydroxylation is 1. The van der Waals surface area contributed by atoms with E-state index >= 15 is 0 Å². The predicted octanol–water partition coefficient (Wildman–Crippen LogP) is 4.45. The van der Waals surface area contributed by atoms with Crippen LogP contribution in [0.4, 0.5) is 0 Å². The highest BCUT2D eigenvalue weighted by Crippen LogP contribution is 2.26. The highest BCUT2D eigenvalue weighted by atomic mass is 16.5. The van der Waals surface area contributed by atoms with Gasteiger partial charge in [-0.3, -0.25) is 0 Å². The summed E-state index contributed by atoms with van der Waals surface area (Å²) in [7, 11) is 0. The van der Waals surface area contributed by atoms with Crippen molar-refractivity contribution >= 4 is 10.9 Å². The lowest BCUT2D eigenvalue weighted by Gasteiger charge is -2.07. The summed E-state index contributed by atoms with van der Waals surface area (Å²) in [4.78, 5) is 0. The van der Waals surface area contributed by atoms with Gasteiger partial charge >= 0.3 is 0 Å². The third kappa shape index (κ3) is 2.11. The third-order valence-electron chi connectivity index (χ3n) is 3.54. The molecule has 0 fully saturated rings. The maximum atomic E-state index is 5.94. The molecule has 2 heteroatoms. The number of hydrogen-bond acceptors (Lipinski definition) is 1. The smallest absolute Gasteiger partial charge is 0.240 e. The highest BCUT2D eigenvalue weighted by molar-refractivity contribution is 5.83. The van der Waals surface area contributed by atoms with Gasteiger partial charge in [0.2, 0.25) is 5.54 Å². The van der Waals surface area contributed by atoms with Gasteiger partial charge < -0.3 is 0 Å². The lowest BCUT2D eigenvalue weighted by Crippen LogP contribution is -2.48. The average Bonchev–Trinajstić information content (AvgIpc) is 2.77. The molecular weight excluding hydrogens is 246 g/mol. The van der Waals surface area contributed by atoms with Crippen molar-refractivity contribution in [3.05, 3.63) is 54.3 Å². The lowest BCUT2D eigenvalue weighted by molar-refractivity contribution is -0.888. The molecule has 3 aromatic rings. The van der Waals surface area contributed by atoms with Gasteiger partial charge in [0.1, 0.15) is 0 Å². The van der Waals surface area contributed by atoms with Crippen LogP contribution in [0.2, 0.25) is 0 Å². The summed E-state index contributed by atoms with van der Waals surface area (Å²) in [5.41, 5.74) is 3.55. The predicted molar refractivity (Wildman–Crippen MR) is 81.6 cm³/mol. The van der Waals surface area contributed by atoms with Crippen LogP contribution in [0.3, 0.4) is 0 Å². The topological polar surface area (TPSA) is 17.0 Å². The molecule has 20 heavy (non-hydrogen) atoms. The van der Waals surface area contributed by atoms with Crippen molar-refractivity contribution in [1.29, 1.82) is 0 Å². The second-order valence-corrected chi connectivity index (χ2v) is 6.21. The molecule has 3 rings (SSSR count). The van der Waals surface area contributed by atoms with Gasteiger partial charge in [-0.1, -0.05) is 30.3 Å². The first-order valence-corrected chi connectivity index (χ1v) is 6.98. The summed E-state index contributed by atoms with van der Waals surface area (Å²) in [6, 6.07) is 17.0. The molecule has 0 spiro atoms. The Bertz CT molecular complexity index is 748. The molecule has 0 saturated heterocycles. The molecule has 2 aromatic carbocycles. The van der Waals surface area contributed by atoms with E-state index in [9.17, 15) is 0 Å². The Morgan fingerprint density at radius 3 is 2.25 bits per heavy atom. The van der Waals surface area contributed by atoms with Crippen LogP contribution in [-0.2, 0) is 5.54 Å². The van der Waals surface area contributed by atoms with E-state index in [2.05, 4.69) is 63.2 Å². The van der Waals surface area contributed by atoms with Crippen LogP contribution in [0.1, 0.15) is 26.5 Å². The molecule has 0 atom stereocenters. The molecule has 0 saturated carbocycles. The Labute approximate surface area is 119 Å². The first-order chi connectivity index (χ1) is 9.47. The first kappa shape index (κ1) is 12.9. The van der Waals surface area contributed by atoms with Crippen LogP contribution in [0.15, 0.2) is 53.1 Å². The normalized spacial score (nSPS) is 12.0. The van der Waals surface area contributed by atoms with Crippen LogP contribution in [0, 0.1) is 6.92 Å². The second kappa shape index (κ2) is 4.48. The Morgan fingerprint density at radius 2 is 1.60 bits per heavy atom. The maximum Gasteiger partial charge on any atom is 0.262 e. The SMILES string of the molecule is Cc1o[n+](C(C)(C)C)c2ccc(-c3ccccc3)cc12. The van der Waals surface area contributed by atoms with Gasteiger partial charge in [0.25, 0.3) is 5.52 Å². The summed E-state index contributed by atoms with van der Waals surface area (Å²) in [5, 5.41) is 1.18. The van der Waals surface area contributed by atoms with Crippen LogP contribution in [-0.4, -0.2) is 0 Å². The number of benzene rings is 2. The highest BCUT2D eigenvalue weighted by Gasteiger charge is 2.31. The van der Waals surface area contributed by atoms with E-state index in [1.54, 1.807) is 0 Å². The molecule has 1 heterocycles. The number of fused-ring (bicyclic) bond motifs is 1. The quantitative estimate of drug-likeness (QED) is 0.595. The fourth-order valence-corrected chi connectivity index (χ4v) is 2.54. The largest absolute Gasteiger partial charge is 0.262 e. The van der Waals surface area contributed by atoms with Gasteiger partial charge in [-0.05, 0) is 28.0 Å². The van der Waals surface area contributed by atoms with Crippen molar-refractivity contribution < 1.29 is 9.26 Å². The molecule has 2 nitrogen and oxygen atoms in total. The van der Waals surface area contributed by atoms with Crippen LogP contribution in [0.25, 0.3) is 22.0 Å². The molecule has 0 N–H and O–H groups in total. The minimum atomic E-state index is -0.0548. The van der Waals surface area contributed by atoms with Crippen LogP contribution < -0.4 is 4.74 Å². The molecular formula is C18H20NO+. The zero-order valence-corrected chi connectivity index (χ0v) is 12.5. The Hall–Kier alpha value is -2.09. The molecule has 0 unspecified atom stereocenters. The molecule has 0 radical (unpaired) electrons. The van der Waals surface area contributed by atoms with E-state index in [0.29, 0.717) is 0 Å². The summed E-state index contributed by atoms with van der Waals surface area (Å²) in [6.45, 7) is 8.49. The van der Waals surface area contributed by atoms with E-state index in [-0.39, 0.29) is 5.54 Å². The molecule has 0 aliphatic heterocycles. The van der Waals surface area contributed by atoms with E-state index in [0.717, 1.165) is 11.3 Å². The first-order valence-electron chi connectivity index (χ1n) is 6.98. The minimum absolute atomic E-state index is 0.0548. The van der Waals surface area contributed by atoms with Crippen LogP contribution in [0.5, 0.6) is 0 Å². The van der Waals surface area contributed by atoms with Gasteiger partial charge in [-0.15, -0.1) is 0 Å². The zero-order valence-electron chi connectivity index (χ0n) is 12.5. The standard InChI is InChI=1S/C18H20NO/c1-13-16-12-15(14-8-6-5-7-9-14)10-11-17(16)19(20-13)18(2,3)4/h5-12H,1-4H3/q+1. The van der Waals surface area contributed by atoms with Gasteiger partial charge in [0.15, 0.2) is 5.76 Å². The van der Waals surface area contributed by atoms with Crippen molar-refractivity contribution in [2.75, 3.05) is 0 Å². The lowest BCUT2D eigenvalue weighted by atomic mass is 10.0. The Kier molecular flexibility index (Phi) is 2.89. The molecule has 0 aliphatic carbocycles. The van der Waals surface area contributed by atoms with Crippen molar-refractivity contribution in [3.8, 4) is 11.1 Å². The van der Waals surface area contributed by atoms with Gasteiger partial charge in [0.05, 0.1) is 5.39 Å². The molecule has 102 valence electrons. The van der Waals surface area contributed by atoms with Crippen LogP contribution >= 0.6 is 0 Å². The second-order valence-electron chi connectivity index (χ2n) is 6.21. The van der Waals surface area contributed by atoms with E-state index in [4.69, 9.17) is 4.52 Å². The van der Waals surface area contributed by atoms with E-state index in [1.165, 1.54) is 16.5 Å². The molecule has 0 amide bonds. The Balaban J connectivity index is 2.21. The van der Waals surface area contributed by atoms with Gasteiger partial charge in [-0.2, -0.15) is 0 Å². The van der Waals surface area contributed by atoms with Crippen molar-refractivity contribution in [2.45, 2.75) is 33.2 Å². The fraction of sp³-hybridized carbons (Fsp3) is 0.278. The monoisotopic (exact) mass is 266 g/mol. The van der Waals surface area contributed by atoms with Crippen molar-refractivity contribution in [2.24, 2.45) is 0 Å². The van der Waals surface area contributed by atoms with Gasteiger partial charge in [0, 0.05) is 33.8 Å². The molecule has 0 bridgehead atoms. The zero-order chi connectivity index (χ0) is 14.3. The molecule has 0 aliphatic rings. The Morgan fingerprint density at radius 1 is 0.900 bits per heavy atom. The van der Waals surface area contributed by atoms with E-state index < -0.39 is 0 Å². The summed E-state index contributed by atoms with van der Waals surface area (Å²) >= 11 is 0. The number of aromatic nitrogens is 1. The molecule has 1 aromatic heterocycles. The van der Waals surface area contributed by atoms with Gasteiger partial charge in [-0.25, -0.2) is 4.52 Å². The summed E-state index contributed by atoms with van der Waals surface area (Å²) in [6.07, 6.45) is 0. The number of hydrogen-bond donors (Lipinski definition) is 0. The maximum absolute atomic E-state index is 5.94. The third-order valence-corrected chi connectivity index (χ3v) is 3.54. The number of rotatable bonds is 1. The summed E-state index contributed by atoms with van der Waals surface area (Å²) < 4.78 is 7.93. The van der Waals surface area contributed by atoms with Crippen molar-refractivity contribution in [1.82, 2.24) is 0 Å². The fourth-order valence-electron chi connectivity index (χ4n) is 2.54.